The first-order chi connectivity index (χ1) is 9.30. The Morgan fingerprint density at radius 2 is 2.32 bits per heavy atom. The van der Waals surface area contributed by atoms with Gasteiger partial charge < -0.3 is 15.0 Å². The third-order valence-corrected chi connectivity index (χ3v) is 3.62. The van der Waals surface area contributed by atoms with Crippen LogP contribution in [0.2, 0.25) is 0 Å². The highest BCUT2D eigenvalue weighted by molar-refractivity contribution is 5.55. The molecule has 0 aromatic heterocycles. The second kappa shape index (κ2) is 6.55. The van der Waals surface area contributed by atoms with Crippen LogP contribution in [0.25, 0.3) is 0 Å². The summed E-state index contributed by atoms with van der Waals surface area (Å²) < 4.78 is 5.41. The van der Waals surface area contributed by atoms with E-state index in [2.05, 4.69) is 47.5 Å². The van der Waals surface area contributed by atoms with Crippen molar-refractivity contribution in [1.82, 2.24) is 5.32 Å². The zero-order valence-electron chi connectivity index (χ0n) is 11.6. The summed E-state index contributed by atoms with van der Waals surface area (Å²) in [5.41, 5.74) is 2.51. The van der Waals surface area contributed by atoms with Crippen LogP contribution in [0.3, 0.4) is 0 Å². The molecule has 1 aromatic rings. The van der Waals surface area contributed by atoms with Crippen molar-refractivity contribution in [2.45, 2.75) is 25.5 Å². The summed E-state index contributed by atoms with van der Waals surface area (Å²) in [5, 5.41) is 12.4. The van der Waals surface area contributed by atoms with Gasteiger partial charge in [-0.25, -0.2) is 0 Å². The van der Waals surface area contributed by atoms with Gasteiger partial charge in [0.05, 0.1) is 19.2 Å². The molecule has 1 fully saturated rings. The van der Waals surface area contributed by atoms with Gasteiger partial charge >= 0.3 is 0 Å². The van der Waals surface area contributed by atoms with Gasteiger partial charge in [-0.1, -0.05) is 25.1 Å². The molecule has 4 heteroatoms. The molecule has 2 rings (SSSR count). The van der Waals surface area contributed by atoms with Gasteiger partial charge in [-0.05, 0) is 25.1 Å². The molecule has 1 aromatic carbocycles. The first-order valence-electron chi connectivity index (χ1n) is 6.82. The highest BCUT2D eigenvalue weighted by atomic mass is 16.5. The van der Waals surface area contributed by atoms with Crippen LogP contribution in [0.5, 0.6) is 0 Å². The minimum absolute atomic E-state index is 0.323. The maximum atomic E-state index is 9.01. The molecule has 0 amide bonds. The molecule has 1 N–H and O–H groups in total. The lowest BCUT2D eigenvalue weighted by atomic mass is 10.0. The number of benzene rings is 1. The number of nitriles is 1. The third-order valence-electron chi connectivity index (χ3n) is 3.62. The molecular formula is C15H21N3O. The smallest absolute Gasteiger partial charge is 0.161 e. The zero-order valence-corrected chi connectivity index (χ0v) is 11.6. The summed E-state index contributed by atoms with van der Waals surface area (Å²) in [7, 11) is 1.99. The number of anilines is 1. The number of rotatable bonds is 4. The molecule has 1 saturated heterocycles. The van der Waals surface area contributed by atoms with Crippen molar-refractivity contribution in [3.05, 3.63) is 29.8 Å². The summed E-state index contributed by atoms with van der Waals surface area (Å²) in [6.07, 6.45) is 0.718. The Balaban J connectivity index is 2.26. The van der Waals surface area contributed by atoms with E-state index in [1.54, 1.807) is 0 Å². The van der Waals surface area contributed by atoms with Crippen LogP contribution in [-0.2, 0) is 4.74 Å². The Morgan fingerprint density at radius 3 is 3.00 bits per heavy atom. The molecule has 0 saturated carbocycles. The predicted octanol–water partition coefficient (Wildman–Crippen LogP) is 2.09. The van der Waals surface area contributed by atoms with Crippen LogP contribution >= 0.6 is 0 Å². The molecular weight excluding hydrogens is 238 g/mol. The summed E-state index contributed by atoms with van der Waals surface area (Å²) >= 11 is 0. The van der Waals surface area contributed by atoms with Crippen molar-refractivity contribution in [1.29, 1.82) is 5.26 Å². The number of nitrogens with zero attached hydrogens (tertiary/aromatic N) is 2. The Morgan fingerprint density at radius 1 is 1.53 bits per heavy atom. The average molecular weight is 259 g/mol. The fraction of sp³-hybridized carbons (Fsp3) is 0.533. The molecule has 0 radical (unpaired) electrons. The van der Waals surface area contributed by atoms with E-state index in [0.29, 0.717) is 19.2 Å². The topological polar surface area (TPSA) is 48.3 Å². The van der Waals surface area contributed by atoms with E-state index < -0.39 is 0 Å². The summed E-state index contributed by atoms with van der Waals surface area (Å²) in [6.45, 7) is 4.28. The molecule has 0 aliphatic carbocycles. The van der Waals surface area contributed by atoms with Gasteiger partial charge in [-0.3, -0.25) is 0 Å². The van der Waals surface area contributed by atoms with Gasteiger partial charge in [-0.2, -0.15) is 5.26 Å². The van der Waals surface area contributed by atoms with Crippen LogP contribution in [0, 0.1) is 11.3 Å². The summed E-state index contributed by atoms with van der Waals surface area (Å²) in [6, 6.07) is 11.0. The molecule has 2 unspecified atom stereocenters. The fourth-order valence-corrected chi connectivity index (χ4v) is 2.60. The minimum atomic E-state index is -0.323. The minimum Gasteiger partial charge on any atom is -0.365 e. The van der Waals surface area contributed by atoms with Crippen LogP contribution < -0.4 is 10.2 Å². The van der Waals surface area contributed by atoms with Gasteiger partial charge in [0.2, 0.25) is 0 Å². The van der Waals surface area contributed by atoms with E-state index in [-0.39, 0.29) is 6.10 Å². The number of hydrogen-bond acceptors (Lipinski definition) is 4. The highest BCUT2D eigenvalue weighted by Gasteiger charge is 2.23. The lowest BCUT2D eigenvalue weighted by molar-refractivity contribution is 0.0763. The zero-order chi connectivity index (χ0) is 13.7. The summed E-state index contributed by atoms with van der Waals surface area (Å²) in [5.74, 6) is 0. The Bertz CT molecular complexity index is 451. The van der Waals surface area contributed by atoms with E-state index in [1.165, 1.54) is 11.3 Å². The van der Waals surface area contributed by atoms with Crippen molar-refractivity contribution in [3.8, 4) is 6.07 Å². The maximum Gasteiger partial charge on any atom is 0.161 e. The van der Waals surface area contributed by atoms with Gasteiger partial charge in [0, 0.05) is 18.3 Å². The lowest BCUT2D eigenvalue weighted by Crippen LogP contribution is -2.42. The first-order valence-corrected chi connectivity index (χ1v) is 6.82. The van der Waals surface area contributed by atoms with E-state index in [9.17, 15) is 0 Å². The fourth-order valence-electron chi connectivity index (χ4n) is 2.60. The average Bonchev–Trinajstić information content (AvgIpc) is 2.49. The van der Waals surface area contributed by atoms with E-state index in [0.717, 1.165) is 13.0 Å². The van der Waals surface area contributed by atoms with Gasteiger partial charge in [0.15, 0.2) is 6.10 Å². The van der Waals surface area contributed by atoms with E-state index >= 15 is 0 Å². The largest absolute Gasteiger partial charge is 0.365 e. The number of nitrogens with one attached hydrogen (secondary N) is 1. The van der Waals surface area contributed by atoms with Crippen molar-refractivity contribution >= 4 is 5.69 Å². The monoisotopic (exact) mass is 259 g/mol. The Hall–Kier alpha value is -1.57. The number of para-hydroxylation sites is 1. The third kappa shape index (κ3) is 3.06. The number of ether oxygens (including phenoxy) is 1. The molecule has 1 aliphatic heterocycles. The molecule has 1 heterocycles. The van der Waals surface area contributed by atoms with E-state index in [4.69, 9.17) is 10.00 Å². The molecule has 1 aliphatic rings. The second-order valence-electron chi connectivity index (χ2n) is 4.74. The molecule has 19 heavy (non-hydrogen) atoms. The molecule has 4 nitrogen and oxygen atoms in total. The Labute approximate surface area is 115 Å². The van der Waals surface area contributed by atoms with Crippen LogP contribution in [-0.4, -0.2) is 32.8 Å². The SMILES string of the molecule is CCC(NC)c1ccccc1N1CCOC(C#N)C1. The quantitative estimate of drug-likeness (QED) is 0.899. The van der Waals surface area contributed by atoms with Crippen LogP contribution in [0.15, 0.2) is 24.3 Å². The summed E-state index contributed by atoms with van der Waals surface area (Å²) in [4.78, 5) is 2.26. The molecule has 2 atom stereocenters. The standard InChI is InChI=1S/C15H21N3O/c1-3-14(17-2)13-6-4-5-7-15(13)18-8-9-19-12(10-16)11-18/h4-7,12,14,17H,3,8-9,11H2,1-2H3. The lowest BCUT2D eigenvalue weighted by Gasteiger charge is -2.34. The predicted molar refractivity (Wildman–Crippen MR) is 76.1 cm³/mol. The second-order valence-corrected chi connectivity index (χ2v) is 4.74. The Kier molecular flexibility index (Phi) is 4.78. The highest BCUT2D eigenvalue weighted by Crippen LogP contribution is 2.29. The molecule has 0 bridgehead atoms. The van der Waals surface area contributed by atoms with Gasteiger partial charge in [0.1, 0.15) is 0 Å². The van der Waals surface area contributed by atoms with Crippen molar-refractivity contribution in [2.75, 3.05) is 31.6 Å². The van der Waals surface area contributed by atoms with Crippen molar-refractivity contribution in [3.63, 3.8) is 0 Å². The molecule has 0 spiro atoms. The van der Waals surface area contributed by atoms with E-state index in [1.807, 2.05) is 7.05 Å². The maximum absolute atomic E-state index is 9.01. The van der Waals surface area contributed by atoms with Crippen molar-refractivity contribution in [2.24, 2.45) is 0 Å². The van der Waals surface area contributed by atoms with Gasteiger partial charge in [0.25, 0.3) is 0 Å². The first kappa shape index (κ1) is 13.9. The number of hydrogen-bond donors (Lipinski definition) is 1. The van der Waals surface area contributed by atoms with Crippen molar-refractivity contribution < 1.29 is 4.74 Å². The van der Waals surface area contributed by atoms with Gasteiger partial charge in [-0.15, -0.1) is 0 Å². The molecule has 102 valence electrons. The van der Waals surface area contributed by atoms with Crippen LogP contribution in [0.4, 0.5) is 5.69 Å². The van der Waals surface area contributed by atoms with Crippen LogP contribution in [0.1, 0.15) is 24.9 Å². The number of morpholine rings is 1. The normalized spacial score (nSPS) is 20.9.